The van der Waals surface area contributed by atoms with Gasteiger partial charge in [-0.15, -0.1) is 0 Å². The lowest BCUT2D eigenvalue weighted by atomic mass is 10.2. The van der Waals surface area contributed by atoms with Gasteiger partial charge >= 0.3 is 0 Å². The minimum absolute atomic E-state index is 0.170. The van der Waals surface area contributed by atoms with Crippen molar-refractivity contribution in [1.29, 1.82) is 0 Å². The van der Waals surface area contributed by atoms with Gasteiger partial charge in [0.2, 0.25) is 0 Å². The molecule has 1 heterocycles. The van der Waals surface area contributed by atoms with E-state index in [4.69, 9.17) is 9.47 Å². The number of ether oxygens (including phenoxy) is 2. The molecule has 1 aromatic heterocycles. The Morgan fingerprint density at radius 3 is 2.13 bits per heavy atom. The molecule has 1 atom stereocenters. The maximum absolute atomic E-state index is 5.42. The molecular formula is C19H23NO2S. The molecule has 0 bridgehead atoms. The van der Waals surface area contributed by atoms with Gasteiger partial charge in [-0.3, -0.25) is 0 Å². The average molecular weight is 329 g/mol. The molecule has 0 fully saturated rings. The molecule has 0 radical (unpaired) electrons. The predicted octanol–water partition coefficient (Wildman–Crippen LogP) is 4.19. The van der Waals surface area contributed by atoms with Crippen LogP contribution in [0.15, 0.2) is 48.5 Å². The van der Waals surface area contributed by atoms with Crippen LogP contribution in [0.4, 0.5) is 0 Å². The highest BCUT2D eigenvalue weighted by Crippen LogP contribution is 2.28. The van der Waals surface area contributed by atoms with E-state index < -0.39 is 0 Å². The van der Waals surface area contributed by atoms with Gasteiger partial charge in [-0.1, -0.05) is 36.4 Å². The molecule has 23 heavy (non-hydrogen) atoms. The first kappa shape index (κ1) is 16.4. The van der Waals surface area contributed by atoms with Crippen molar-refractivity contribution >= 4 is 33.6 Å². The topological polar surface area (TPSA) is 23.4 Å². The molecule has 3 rings (SSSR count). The number of fused-ring (bicyclic) bond motifs is 3. The number of thioether (sulfide) groups is 1. The zero-order chi connectivity index (χ0) is 16.1. The molecule has 2 aromatic carbocycles. The molecule has 0 aliphatic rings. The molecule has 0 saturated carbocycles. The second-order valence-corrected chi connectivity index (χ2v) is 6.72. The summed E-state index contributed by atoms with van der Waals surface area (Å²) in [5.41, 5.74) is 2.63. The number of para-hydroxylation sites is 2. The lowest BCUT2D eigenvalue weighted by molar-refractivity contribution is 0.0430. The number of benzene rings is 2. The normalized spacial score (nSPS) is 13.0. The van der Waals surface area contributed by atoms with Crippen molar-refractivity contribution in [1.82, 2.24) is 4.57 Å². The summed E-state index contributed by atoms with van der Waals surface area (Å²) in [4.78, 5) is 0. The Balaban J connectivity index is 1.74. The molecule has 122 valence electrons. The predicted molar refractivity (Wildman–Crippen MR) is 99.4 cm³/mol. The van der Waals surface area contributed by atoms with Gasteiger partial charge in [-0.05, 0) is 12.1 Å². The Morgan fingerprint density at radius 1 is 0.957 bits per heavy atom. The first-order valence-corrected chi connectivity index (χ1v) is 9.06. The van der Waals surface area contributed by atoms with E-state index in [0.29, 0.717) is 6.61 Å². The van der Waals surface area contributed by atoms with Gasteiger partial charge in [-0.2, -0.15) is 11.8 Å². The fourth-order valence-electron chi connectivity index (χ4n) is 2.98. The summed E-state index contributed by atoms with van der Waals surface area (Å²) < 4.78 is 13.0. The van der Waals surface area contributed by atoms with Gasteiger partial charge in [0.05, 0.1) is 12.7 Å². The van der Waals surface area contributed by atoms with Crippen molar-refractivity contribution in [2.75, 3.05) is 32.3 Å². The number of methoxy groups -OCH3 is 2. The second kappa shape index (κ2) is 7.86. The number of aryl methyl sites for hydroxylation is 1. The third-order valence-corrected chi connectivity index (χ3v) is 5.21. The van der Waals surface area contributed by atoms with Crippen molar-refractivity contribution < 1.29 is 9.47 Å². The second-order valence-electron chi connectivity index (χ2n) is 5.57. The zero-order valence-electron chi connectivity index (χ0n) is 13.7. The lowest BCUT2D eigenvalue weighted by Gasteiger charge is -2.14. The Hall–Kier alpha value is -1.49. The van der Waals surface area contributed by atoms with Gasteiger partial charge in [0, 0.05) is 54.1 Å². The Kier molecular flexibility index (Phi) is 5.60. The van der Waals surface area contributed by atoms with E-state index in [-0.39, 0.29) is 6.10 Å². The summed E-state index contributed by atoms with van der Waals surface area (Å²) in [6.45, 7) is 1.65. The quantitative estimate of drug-likeness (QED) is 0.579. The van der Waals surface area contributed by atoms with Crippen LogP contribution in [0.5, 0.6) is 0 Å². The Bertz CT molecular complexity index is 715. The maximum Gasteiger partial charge on any atom is 0.0894 e. The smallest absolute Gasteiger partial charge is 0.0894 e. The Labute approximate surface area is 141 Å². The van der Waals surface area contributed by atoms with E-state index in [1.165, 1.54) is 21.8 Å². The van der Waals surface area contributed by atoms with Crippen LogP contribution in [-0.2, 0) is 16.0 Å². The van der Waals surface area contributed by atoms with Crippen LogP contribution in [0.25, 0.3) is 21.8 Å². The summed E-state index contributed by atoms with van der Waals surface area (Å²) in [5.74, 6) is 2.02. The maximum atomic E-state index is 5.42. The van der Waals surface area contributed by atoms with Crippen molar-refractivity contribution in [3.05, 3.63) is 48.5 Å². The molecular weight excluding hydrogens is 306 g/mol. The largest absolute Gasteiger partial charge is 0.382 e. The summed E-state index contributed by atoms with van der Waals surface area (Å²) in [5, 5.41) is 2.67. The standard InChI is InChI=1S/C19H23NO2S/c1-21-13-15(22-2)14-23-12-11-20-18-9-5-3-7-16(18)17-8-4-6-10-19(17)20/h3-10,15H,11-14H2,1-2H3. The summed E-state index contributed by atoms with van der Waals surface area (Å²) in [6, 6.07) is 17.3. The van der Waals surface area contributed by atoms with Crippen molar-refractivity contribution in [3.8, 4) is 0 Å². The summed E-state index contributed by atoms with van der Waals surface area (Å²) >= 11 is 1.92. The minimum Gasteiger partial charge on any atom is -0.382 e. The molecule has 0 spiro atoms. The summed E-state index contributed by atoms with van der Waals surface area (Å²) in [7, 11) is 3.46. The van der Waals surface area contributed by atoms with Crippen LogP contribution in [0.1, 0.15) is 0 Å². The van der Waals surface area contributed by atoms with E-state index >= 15 is 0 Å². The van der Waals surface area contributed by atoms with Crippen LogP contribution in [-0.4, -0.2) is 43.0 Å². The monoisotopic (exact) mass is 329 g/mol. The van der Waals surface area contributed by atoms with Crippen LogP contribution >= 0.6 is 11.8 Å². The van der Waals surface area contributed by atoms with Crippen LogP contribution in [0.2, 0.25) is 0 Å². The van der Waals surface area contributed by atoms with E-state index in [0.717, 1.165) is 18.1 Å². The van der Waals surface area contributed by atoms with Gasteiger partial charge in [0.25, 0.3) is 0 Å². The number of nitrogens with zero attached hydrogens (tertiary/aromatic N) is 1. The minimum atomic E-state index is 0.170. The highest BCUT2D eigenvalue weighted by molar-refractivity contribution is 7.99. The number of rotatable bonds is 8. The van der Waals surface area contributed by atoms with Crippen molar-refractivity contribution in [3.63, 3.8) is 0 Å². The molecule has 4 heteroatoms. The number of aromatic nitrogens is 1. The van der Waals surface area contributed by atoms with Gasteiger partial charge in [0.15, 0.2) is 0 Å². The van der Waals surface area contributed by atoms with Crippen LogP contribution in [0, 0.1) is 0 Å². The molecule has 3 aromatic rings. The highest BCUT2D eigenvalue weighted by Gasteiger charge is 2.10. The average Bonchev–Trinajstić information content (AvgIpc) is 2.92. The van der Waals surface area contributed by atoms with Crippen molar-refractivity contribution in [2.45, 2.75) is 12.6 Å². The van der Waals surface area contributed by atoms with E-state index in [1.54, 1.807) is 14.2 Å². The molecule has 0 saturated heterocycles. The highest BCUT2D eigenvalue weighted by atomic mass is 32.2. The van der Waals surface area contributed by atoms with E-state index in [2.05, 4.69) is 53.1 Å². The fourth-order valence-corrected chi connectivity index (χ4v) is 3.96. The summed E-state index contributed by atoms with van der Waals surface area (Å²) in [6.07, 6.45) is 0.170. The molecule has 1 unspecified atom stereocenters. The lowest BCUT2D eigenvalue weighted by Crippen LogP contribution is -2.20. The Morgan fingerprint density at radius 2 is 1.57 bits per heavy atom. The molecule has 0 N–H and O–H groups in total. The third-order valence-electron chi connectivity index (χ3n) is 4.13. The molecule has 0 aliphatic heterocycles. The van der Waals surface area contributed by atoms with Gasteiger partial charge in [-0.25, -0.2) is 0 Å². The van der Waals surface area contributed by atoms with E-state index in [1.807, 2.05) is 11.8 Å². The van der Waals surface area contributed by atoms with Gasteiger partial charge in [0.1, 0.15) is 0 Å². The number of hydrogen-bond acceptors (Lipinski definition) is 3. The first-order chi connectivity index (χ1) is 11.3. The number of hydrogen-bond donors (Lipinski definition) is 0. The molecule has 0 amide bonds. The third kappa shape index (κ3) is 3.55. The molecule has 3 nitrogen and oxygen atoms in total. The first-order valence-electron chi connectivity index (χ1n) is 7.90. The SMILES string of the molecule is COCC(CSCCn1c2ccccc2c2ccccc21)OC. The van der Waals surface area contributed by atoms with Crippen LogP contribution < -0.4 is 0 Å². The van der Waals surface area contributed by atoms with Crippen LogP contribution in [0.3, 0.4) is 0 Å². The van der Waals surface area contributed by atoms with E-state index in [9.17, 15) is 0 Å². The molecule has 0 aliphatic carbocycles. The van der Waals surface area contributed by atoms with Crippen molar-refractivity contribution in [2.24, 2.45) is 0 Å². The van der Waals surface area contributed by atoms with Gasteiger partial charge < -0.3 is 14.0 Å². The fraction of sp³-hybridized carbons (Fsp3) is 0.368. The zero-order valence-corrected chi connectivity index (χ0v) is 14.5.